The van der Waals surface area contributed by atoms with Gasteiger partial charge in [0.25, 0.3) is 0 Å². The van der Waals surface area contributed by atoms with E-state index in [0.29, 0.717) is 19.5 Å². The fourth-order valence-corrected chi connectivity index (χ4v) is 2.91. The highest BCUT2D eigenvalue weighted by molar-refractivity contribution is 8.01. The van der Waals surface area contributed by atoms with Crippen molar-refractivity contribution >= 4 is 23.6 Å². The van der Waals surface area contributed by atoms with Crippen molar-refractivity contribution in [3.05, 3.63) is 0 Å². The van der Waals surface area contributed by atoms with Crippen LogP contribution in [0.4, 0.5) is 0 Å². The summed E-state index contributed by atoms with van der Waals surface area (Å²) in [6, 6.07) is 0. The molecule has 3 unspecified atom stereocenters. The maximum absolute atomic E-state index is 12.0. The molecule has 18 heavy (non-hydrogen) atoms. The van der Waals surface area contributed by atoms with Crippen molar-refractivity contribution in [3.8, 4) is 0 Å². The van der Waals surface area contributed by atoms with E-state index < -0.39 is 11.2 Å². The summed E-state index contributed by atoms with van der Waals surface area (Å²) in [6.07, 6.45) is 0.622. The maximum atomic E-state index is 12.0. The van der Waals surface area contributed by atoms with Crippen molar-refractivity contribution in [1.29, 1.82) is 0 Å². The third-order valence-corrected chi connectivity index (χ3v) is 4.18. The Morgan fingerprint density at radius 1 is 1.39 bits per heavy atom. The van der Waals surface area contributed by atoms with Crippen LogP contribution in [-0.4, -0.2) is 58.2 Å². The molecule has 1 aliphatic rings. The molecule has 104 valence electrons. The number of rotatable bonds is 5. The third kappa shape index (κ3) is 4.49. The van der Waals surface area contributed by atoms with Crippen LogP contribution in [0, 0.1) is 0 Å². The number of morpholine rings is 1. The molecule has 5 nitrogen and oxygen atoms in total. The predicted octanol–water partition coefficient (Wildman–Crippen LogP) is 1.22. The molecular weight excluding hydrogens is 254 g/mol. The second kappa shape index (κ2) is 6.99. The average molecular weight is 275 g/mol. The lowest BCUT2D eigenvalue weighted by molar-refractivity contribution is -0.140. The highest BCUT2D eigenvalue weighted by Gasteiger charge is 2.26. The molecular formula is C12H21NO4S. The molecule has 0 aliphatic carbocycles. The summed E-state index contributed by atoms with van der Waals surface area (Å²) in [5.41, 5.74) is 0. The summed E-state index contributed by atoms with van der Waals surface area (Å²) in [5, 5.41) is 8.42. The van der Waals surface area contributed by atoms with Gasteiger partial charge >= 0.3 is 5.97 Å². The van der Waals surface area contributed by atoms with Gasteiger partial charge < -0.3 is 14.7 Å². The quantitative estimate of drug-likeness (QED) is 0.817. The number of nitrogens with zero attached hydrogens (tertiary/aromatic N) is 1. The minimum Gasteiger partial charge on any atom is -0.480 e. The average Bonchev–Trinajstić information content (AvgIpc) is 2.27. The Labute approximate surface area is 112 Å². The number of amides is 1. The van der Waals surface area contributed by atoms with Gasteiger partial charge in [-0.05, 0) is 20.3 Å². The zero-order chi connectivity index (χ0) is 13.7. The molecule has 3 atom stereocenters. The van der Waals surface area contributed by atoms with Crippen LogP contribution in [0.5, 0.6) is 0 Å². The van der Waals surface area contributed by atoms with Gasteiger partial charge in [0.15, 0.2) is 0 Å². The first-order chi connectivity index (χ1) is 8.43. The minimum atomic E-state index is -0.848. The first-order valence-electron chi connectivity index (χ1n) is 6.21. The number of carbonyl (C=O) groups excluding carboxylic acids is 1. The lowest BCUT2D eigenvalue weighted by Crippen LogP contribution is -2.49. The number of hydrogen-bond acceptors (Lipinski definition) is 4. The smallest absolute Gasteiger partial charge is 0.316 e. The first kappa shape index (κ1) is 15.3. The van der Waals surface area contributed by atoms with Crippen LogP contribution in [0.1, 0.15) is 27.2 Å². The van der Waals surface area contributed by atoms with E-state index in [2.05, 4.69) is 0 Å². The largest absolute Gasteiger partial charge is 0.480 e. The molecule has 0 bridgehead atoms. The van der Waals surface area contributed by atoms with E-state index in [4.69, 9.17) is 9.84 Å². The Morgan fingerprint density at radius 3 is 2.39 bits per heavy atom. The first-order valence-corrected chi connectivity index (χ1v) is 7.26. The molecule has 1 amide bonds. The van der Waals surface area contributed by atoms with Gasteiger partial charge in [-0.2, -0.15) is 0 Å². The van der Waals surface area contributed by atoms with Crippen molar-refractivity contribution in [3.63, 3.8) is 0 Å². The lowest BCUT2D eigenvalue weighted by atomic mass is 10.2. The van der Waals surface area contributed by atoms with Crippen molar-refractivity contribution in [2.75, 3.05) is 18.8 Å². The molecule has 1 fully saturated rings. The highest BCUT2D eigenvalue weighted by Crippen LogP contribution is 2.17. The van der Waals surface area contributed by atoms with E-state index in [-0.39, 0.29) is 23.9 Å². The summed E-state index contributed by atoms with van der Waals surface area (Å²) >= 11 is 1.20. The third-order valence-electron chi connectivity index (χ3n) is 2.83. The molecule has 0 aromatic carbocycles. The molecule has 0 aromatic rings. The van der Waals surface area contributed by atoms with Crippen LogP contribution in [-0.2, 0) is 14.3 Å². The summed E-state index contributed by atoms with van der Waals surface area (Å²) in [7, 11) is 0. The van der Waals surface area contributed by atoms with Crippen LogP contribution in [0.3, 0.4) is 0 Å². The fraction of sp³-hybridized carbons (Fsp3) is 0.833. The minimum absolute atomic E-state index is 0.00157. The standard InChI is InChI=1S/C12H21NO4S/c1-4-10(12(15)16)18-7-11(14)13-5-8(2)17-9(3)6-13/h8-10H,4-7H2,1-3H3,(H,15,16). The number of carboxylic acid groups (broad SMARTS) is 1. The van der Waals surface area contributed by atoms with Gasteiger partial charge in [0.05, 0.1) is 18.0 Å². The highest BCUT2D eigenvalue weighted by atomic mass is 32.2. The number of ether oxygens (including phenoxy) is 1. The Balaban J connectivity index is 2.42. The Hall–Kier alpha value is -0.750. The number of aliphatic carboxylic acids is 1. The topological polar surface area (TPSA) is 66.8 Å². The van der Waals surface area contributed by atoms with E-state index in [1.807, 2.05) is 20.8 Å². The van der Waals surface area contributed by atoms with Gasteiger partial charge in [-0.1, -0.05) is 6.92 Å². The van der Waals surface area contributed by atoms with E-state index in [0.717, 1.165) is 0 Å². The van der Waals surface area contributed by atoms with E-state index >= 15 is 0 Å². The predicted molar refractivity (Wildman–Crippen MR) is 70.8 cm³/mol. The molecule has 1 rings (SSSR count). The summed E-state index contributed by atoms with van der Waals surface area (Å²) < 4.78 is 5.56. The number of hydrogen-bond donors (Lipinski definition) is 1. The van der Waals surface area contributed by atoms with Gasteiger partial charge in [-0.25, -0.2) is 0 Å². The molecule has 0 radical (unpaired) electrons. The number of carboxylic acids is 1. The van der Waals surface area contributed by atoms with Crippen LogP contribution in [0.25, 0.3) is 0 Å². The van der Waals surface area contributed by atoms with Gasteiger partial charge in [0, 0.05) is 13.1 Å². The Bertz CT molecular complexity index is 300. The monoisotopic (exact) mass is 275 g/mol. The van der Waals surface area contributed by atoms with Crippen molar-refractivity contribution in [2.24, 2.45) is 0 Å². The van der Waals surface area contributed by atoms with E-state index in [9.17, 15) is 9.59 Å². The molecule has 0 aromatic heterocycles. The zero-order valence-electron chi connectivity index (χ0n) is 11.1. The van der Waals surface area contributed by atoms with Gasteiger partial charge in [-0.3, -0.25) is 9.59 Å². The van der Waals surface area contributed by atoms with Crippen molar-refractivity contribution in [1.82, 2.24) is 4.90 Å². The van der Waals surface area contributed by atoms with Crippen LogP contribution < -0.4 is 0 Å². The van der Waals surface area contributed by atoms with Crippen LogP contribution in [0.2, 0.25) is 0 Å². The van der Waals surface area contributed by atoms with Crippen molar-refractivity contribution in [2.45, 2.75) is 44.6 Å². The normalized spacial score (nSPS) is 25.8. The zero-order valence-corrected chi connectivity index (χ0v) is 11.9. The van der Waals surface area contributed by atoms with Crippen molar-refractivity contribution < 1.29 is 19.4 Å². The van der Waals surface area contributed by atoms with Crippen LogP contribution >= 0.6 is 11.8 Å². The molecule has 1 saturated heterocycles. The van der Waals surface area contributed by atoms with Gasteiger partial charge in [-0.15, -0.1) is 11.8 Å². The molecule has 1 aliphatic heterocycles. The molecule has 1 N–H and O–H groups in total. The summed E-state index contributed by atoms with van der Waals surface area (Å²) in [4.78, 5) is 24.6. The molecule has 0 saturated carbocycles. The Morgan fingerprint density at radius 2 is 1.94 bits per heavy atom. The summed E-state index contributed by atoms with van der Waals surface area (Å²) in [5.74, 6) is -0.620. The SMILES string of the molecule is CCC(SCC(=O)N1CC(C)OC(C)C1)C(=O)O. The number of carbonyl (C=O) groups is 2. The lowest BCUT2D eigenvalue weighted by Gasteiger charge is -2.35. The maximum Gasteiger partial charge on any atom is 0.316 e. The Kier molecular flexibility index (Phi) is 5.95. The van der Waals surface area contributed by atoms with E-state index in [1.165, 1.54) is 11.8 Å². The molecule has 1 heterocycles. The number of thioether (sulfide) groups is 1. The van der Waals surface area contributed by atoms with Gasteiger partial charge in [0.1, 0.15) is 5.25 Å². The second-order valence-electron chi connectivity index (χ2n) is 4.60. The fourth-order valence-electron chi connectivity index (χ4n) is 2.01. The summed E-state index contributed by atoms with van der Waals surface area (Å²) in [6.45, 7) is 6.88. The molecule has 6 heteroatoms. The molecule has 0 spiro atoms. The van der Waals surface area contributed by atoms with Crippen LogP contribution in [0.15, 0.2) is 0 Å². The van der Waals surface area contributed by atoms with E-state index in [1.54, 1.807) is 4.90 Å². The second-order valence-corrected chi connectivity index (χ2v) is 5.79. The van der Waals surface area contributed by atoms with Gasteiger partial charge in [0.2, 0.25) is 5.91 Å².